The van der Waals surface area contributed by atoms with E-state index in [2.05, 4.69) is 5.32 Å². The first-order valence-corrected chi connectivity index (χ1v) is 10.3. The zero-order chi connectivity index (χ0) is 20.4. The highest BCUT2D eigenvalue weighted by molar-refractivity contribution is 7.99. The molecule has 0 unspecified atom stereocenters. The van der Waals surface area contributed by atoms with Crippen molar-refractivity contribution in [2.45, 2.75) is 9.79 Å². The largest absolute Gasteiger partial charge is 0.397 e. The second-order valence-corrected chi connectivity index (χ2v) is 8.32. The number of amides is 1. The van der Waals surface area contributed by atoms with Crippen LogP contribution in [0.2, 0.25) is 0 Å². The predicted octanol–water partition coefficient (Wildman–Crippen LogP) is 5.80. The molecule has 0 spiro atoms. The Kier molecular flexibility index (Phi) is 5.20. The maximum absolute atomic E-state index is 12.8. The number of fused-ring (bicyclic) bond motifs is 1. The molecule has 6 nitrogen and oxygen atoms in total. The molecule has 0 saturated heterocycles. The molecule has 1 aromatic heterocycles. The van der Waals surface area contributed by atoms with Gasteiger partial charge in [-0.25, -0.2) is 0 Å². The summed E-state index contributed by atoms with van der Waals surface area (Å²) in [7, 11) is 0. The Hall–Kier alpha value is -3.36. The van der Waals surface area contributed by atoms with Crippen LogP contribution in [0.25, 0.3) is 10.1 Å². The fraction of sp³-hybridized carbons (Fsp3) is 0. The van der Waals surface area contributed by atoms with E-state index in [1.807, 2.05) is 48.5 Å². The summed E-state index contributed by atoms with van der Waals surface area (Å²) in [6.45, 7) is 0. The van der Waals surface area contributed by atoms with Crippen LogP contribution in [0.1, 0.15) is 9.67 Å². The number of carbonyl (C=O) groups is 1. The van der Waals surface area contributed by atoms with Gasteiger partial charge in [0.1, 0.15) is 4.88 Å². The molecule has 0 aliphatic rings. The Balaban J connectivity index is 1.80. The molecule has 1 amide bonds. The molecule has 0 aliphatic carbocycles. The van der Waals surface area contributed by atoms with Gasteiger partial charge in [-0.1, -0.05) is 48.2 Å². The van der Waals surface area contributed by atoms with E-state index in [1.54, 1.807) is 12.1 Å². The summed E-state index contributed by atoms with van der Waals surface area (Å²) in [5.41, 5.74) is 7.28. The standard InChI is InChI=1S/C21H15N3O3S2/c22-19-18-16(28-15-9-5-2-6-10-15)11-14(24(26)27)12-17(18)29-20(19)21(25)23-13-7-3-1-4-8-13/h1-12H,22H2,(H,23,25). The minimum atomic E-state index is -0.436. The number of nitrogens with one attached hydrogen (secondary N) is 1. The van der Waals surface area contributed by atoms with Crippen molar-refractivity contribution < 1.29 is 9.72 Å². The van der Waals surface area contributed by atoms with Crippen molar-refractivity contribution in [3.05, 3.63) is 87.8 Å². The van der Waals surface area contributed by atoms with Crippen LogP contribution in [-0.2, 0) is 0 Å². The Morgan fingerprint density at radius 2 is 1.69 bits per heavy atom. The summed E-state index contributed by atoms with van der Waals surface area (Å²) in [4.78, 5) is 25.6. The van der Waals surface area contributed by atoms with Crippen LogP contribution < -0.4 is 11.1 Å². The lowest BCUT2D eigenvalue weighted by molar-refractivity contribution is -0.384. The Bertz CT molecular complexity index is 1210. The topological polar surface area (TPSA) is 98.3 Å². The molecule has 3 aromatic carbocycles. The third kappa shape index (κ3) is 3.94. The Labute approximate surface area is 174 Å². The highest BCUT2D eigenvalue weighted by Crippen LogP contribution is 2.44. The normalized spacial score (nSPS) is 10.8. The number of nitrogen functional groups attached to an aromatic ring is 1. The molecule has 3 N–H and O–H groups in total. The number of nitrogens with zero attached hydrogens (tertiary/aromatic N) is 1. The number of thiophene rings is 1. The van der Waals surface area contributed by atoms with Gasteiger partial charge in [0.2, 0.25) is 0 Å². The first kappa shape index (κ1) is 19.0. The first-order chi connectivity index (χ1) is 14.0. The molecule has 0 radical (unpaired) electrons. The number of hydrogen-bond donors (Lipinski definition) is 2. The quantitative estimate of drug-likeness (QED) is 0.314. The second kappa shape index (κ2) is 7.94. The molecule has 0 atom stereocenters. The molecule has 4 rings (SSSR count). The average molecular weight is 422 g/mol. The molecule has 0 aliphatic heterocycles. The van der Waals surface area contributed by atoms with Crippen LogP contribution >= 0.6 is 23.1 Å². The van der Waals surface area contributed by atoms with Crippen molar-refractivity contribution >= 4 is 56.2 Å². The zero-order valence-electron chi connectivity index (χ0n) is 15.0. The molecule has 8 heteroatoms. The van der Waals surface area contributed by atoms with Gasteiger partial charge in [-0.15, -0.1) is 11.3 Å². The maximum atomic E-state index is 12.8. The SMILES string of the molecule is Nc1c(C(=O)Nc2ccccc2)sc2cc([N+](=O)[O-])cc(Sc3ccccc3)c12. The number of hydrogen-bond acceptors (Lipinski definition) is 6. The van der Waals surface area contributed by atoms with E-state index in [1.165, 1.54) is 23.9 Å². The van der Waals surface area contributed by atoms with Crippen molar-refractivity contribution in [1.82, 2.24) is 0 Å². The molecule has 0 bridgehead atoms. The molecule has 29 heavy (non-hydrogen) atoms. The number of para-hydroxylation sites is 1. The first-order valence-electron chi connectivity index (χ1n) is 8.62. The fourth-order valence-electron chi connectivity index (χ4n) is 2.88. The summed E-state index contributed by atoms with van der Waals surface area (Å²) >= 11 is 2.54. The van der Waals surface area contributed by atoms with Crippen LogP contribution in [0.4, 0.5) is 17.1 Å². The van der Waals surface area contributed by atoms with E-state index in [0.717, 1.165) is 16.2 Å². The summed E-state index contributed by atoms with van der Waals surface area (Å²) in [5.74, 6) is -0.340. The minimum Gasteiger partial charge on any atom is -0.397 e. The zero-order valence-corrected chi connectivity index (χ0v) is 16.6. The van der Waals surface area contributed by atoms with Crippen LogP contribution in [0.5, 0.6) is 0 Å². The number of anilines is 2. The monoisotopic (exact) mass is 421 g/mol. The molecular formula is C21H15N3O3S2. The van der Waals surface area contributed by atoms with Gasteiger partial charge in [0.05, 0.1) is 10.6 Å². The van der Waals surface area contributed by atoms with Crippen molar-refractivity contribution in [2.75, 3.05) is 11.1 Å². The van der Waals surface area contributed by atoms with Crippen LogP contribution in [0.3, 0.4) is 0 Å². The molecule has 1 heterocycles. The van der Waals surface area contributed by atoms with Crippen molar-refractivity contribution in [3.63, 3.8) is 0 Å². The molecule has 4 aromatic rings. The number of benzene rings is 3. The number of nitro benzene ring substituents is 1. The molecule has 0 saturated carbocycles. The van der Waals surface area contributed by atoms with Crippen molar-refractivity contribution in [2.24, 2.45) is 0 Å². The molecular weight excluding hydrogens is 406 g/mol. The van der Waals surface area contributed by atoms with Gasteiger partial charge in [-0.2, -0.15) is 0 Å². The van der Waals surface area contributed by atoms with Gasteiger partial charge in [-0.3, -0.25) is 14.9 Å². The number of non-ortho nitro benzene ring substituents is 1. The number of carbonyl (C=O) groups excluding carboxylic acids is 1. The van der Waals surface area contributed by atoms with E-state index < -0.39 is 4.92 Å². The van der Waals surface area contributed by atoms with E-state index in [4.69, 9.17) is 5.73 Å². The second-order valence-electron chi connectivity index (χ2n) is 6.15. The predicted molar refractivity (Wildman–Crippen MR) is 118 cm³/mol. The third-order valence-electron chi connectivity index (χ3n) is 4.20. The van der Waals surface area contributed by atoms with Crippen molar-refractivity contribution in [3.8, 4) is 0 Å². The van der Waals surface area contributed by atoms with Gasteiger partial charge in [0.15, 0.2) is 0 Å². The van der Waals surface area contributed by atoms with E-state index >= 15 is 0 Å². The van der Waals surface area contributed by atoms with Crippen LogP contribution in [-0.4, -0.2) is 10.8 Å². The smallest absolute Gasteiger partial charge is 0.272 e. The molecule has 144 valence electrons. The average Bonchev–Trinajstić information content (AvgIpc) is 3.06. The highest BCUT2D eigenvalue weighted by atomic mass is 32.2. The van der Waals surface area contributed by atoms with Gasteiger partial charge in [-0.05, 0) is 24.3 Å². The summed E-state index contributed by atoms with van der Waals surface area (Å²) in [6, 6.07) is 21.6. The van der Waals surface area contributed by atoms with E-state index in [0.29, 0.717) is 31.2 Å². The van der Waals surface area contributed by atoms with Gasteiger partial charge in [0, 0.05) is 37.7 Å². The van der Waals surface area contributed by atoms with Gasteiger partial charge >= 0.3 is 0 Å². The van der Waals surface area contributed by atoms with E-state index in [-0.39, 0.29) is 11.6 Å². The summed E-state index contributed by atoms with van der Waals surface area (Å²) < 4.78 is 0.605. The third-order valence-corrected chi connectivity index (χ3v) is 6.40. The number of rotatable bonds is 5. The summed E-state index contributed by atoms with van der Waals surface area (Å²) in [6.07, 6.45) is 0. The number of nitro groups is 1. The number of nitrogens with two attached hydrogens (primary N) is 1. The van der Waals surface area contributed by atoms with Crippen molar-refractivity contribution in [1.29, 1.82) is 0 Å². The Morgan fingerprint density at radius 1 is 1.03 bits per heavy atom. The fourth-order valence-corrected chi connectivity index (χ4v) is 5.07. The van der Waals surface area contributed by atoms with Gasteiger partial charge < -0.3 is 11.1 Å². The Morgan fingerprint density at radius 3 is 2.34 bits per heavy atom. The maximum Gasteiger partial charge on any atom is 0.272 e. The lowest BCUT2D eigenvalue weighted by atomic mass is 10.2. The lowest BCUT2D eigenvalue weighted by Crippen LogP contribution is -2.11. The van der Waals surface area contributed by atoms with E-state index in [9.17, 15) is 14.9 Å². The minimum absolute atomic E-state index is 0.0350. The summed E-state index contributed by atoms with van der Waals surface area (Å²) in [5, 5.41) is 14.9. The molecule has 0 fully saturated rings. The highest BCUT2D eigenvalue weighted by Gasteiger charge is 2.22. The van der Waals surface area contributed by atoms with Crippen LogP contribution in [0.15, 0.2) is 82.6 Å². The van der Waals surface area contributed by atoms with Gasteiger partial charge in [0.25, 0.3) is 11.6 Å². The van der Waals surface area contributed by atoms with Crippen LogP contribution in [0, 0.1) is 10.1 Å². The lowest BCUT2D eigenvalue weighted by Gasteiger charge is -2.06.